The Hall–Kier alpha value is -1.40. The van der Waals surface area contributed by atoms with Gasteiger partial charge in [0.15, 0.2) is 0 Å². The van der Waals surface area contributed by atoms with Crippen LogP contribution >= 0.6 is 22.9 Å². The van der Waals surface area contributed by atoms with E-state index in [0.717, 1.165) is 33.4 Å². The number of sulfonamides is 1. The van der Waals surface area contributed by atoms with Crippen LogP contribution < -0.4 is 4.72 Å². The third-order valence-electron chi connectivity index (χ3n) is 4.19. The molecule has 0 amide bonds. The normalized spacial score (nSPS) is 16.4. The number of halogens is 1. The van der Waals surface area contributed by atoms with Crippen LogP contribution in [0.25, 0.3) is 10.1 Å². The van der Waals surface area contributed by atoms with Crippen molar-refractivity contribution < 1.29 is 8.42 Å². The molecule has 4 rings (SSSR count). The number of fused-ring (bicyclic) bond motifs is 1. The maximum Gasteiger partial charge on any atom is 0.215 e. The first-order valence-electron chi connectivity index (χ1n) is 7.78. The van der Waals surface area contributed by atoms with Crippen LogP contribution in [0.15, 0.2) is 54.6 Å². The van der Waals surface area contributed by atoms with Gasteiger partial charge in [0.1, 0.15) is 0 Å². The first kappa shape index (κ1) is 16.1. The Labute approximate surface area is 150 Å². The Bertz CT molecular complexity index is 960. The van der Waals surface area contributed by atoms with Crippen molar-refractivity contribution in [2.24, 2.45) is 0 Å². The van der Waals surface area contributed by atoms with Crippen LogP contribution in [0.2, 0.25) is 5.02 Å². The summed E-state index contributed by atoms with van der Waals surface area (Å²) < 4.78 is 29.1. The zero-order chi connectivity index (χ0) is 16.7. The summed E-state index contributed by atoms with van der Waals surface area (Å²) in [6.45, 7) is 0. The largest absolute Gasteiger partial charge is 0.215 e. The van der Waals surface area contributed by atoms with Crippen LogP contribution in [0.5, 0.6) is 0 Å². The molecule has 1 aliphatic rings. The Balaban J connectivity index is 1.81. The fourth-order valence-corrected chi connectivity index (χ4v) is 5.75. The van der Waals surface area contributed by atoms with Crippen molar-refractivity contribution in [2.45, 2.75) is 24.1 Å². The summed E-state index contributed by atoms with van der Waals surface area (Å²) in [5.41, 5.74) is 0.787. The number of hydrogen-bond acceptors (Lipinski definition) is 3. The van der Waals surface area contributed by atoms with Crippen molar-refractivity contribution in [3.05, 3.63) is 70.1 Å². The van der Waals surface area contributed by atoms with E-state index in [1.54, 1.807) is 17.4 Å². The van der Waals surface area contributed by atoms with Crippen LogP contribution in [0.1, 0.15) is 29.3 Å². The lowest BCUT2D eigenvalue weighted by Crippen LogP contribution is -2.31. The molecular weight excluding hydrogens is 362 g/mol. The van der Waals surface area contributed by atoms with Crippen molar-refractivity contribution in [1.82, 2.24) is 4.72 Å². The van der Waals surface area contributed by atoms with Crippen LogP contribution in [-0.4, -0.2) is 13.7 Å². The minimum Gasteiger partial charge on any atom is -0.212 e. The molecule has 3 nitrogen and oxygen atoms in total. The van der Waals surface area contributed by atoms with Crippen LogP contribution in [0.3, 0.4) is 0 Å². The van der Waals surface area contributed by atoms with E-state index >= 15 is 0 Å². The van der Waals surface area contributed by atoms with Crippen LogP contribution in [0.4, 0.5) is 0 Å². The molecule has 1 saturated carbocycles. The van der Waals surface area contributed by atoms with Gasteiger partial charge in [0.05, 0.1) is 11.3 Å². The molecule has 1 aromatic heterocycles. The van der Waals surface area contributed by atoms with Gasteiger partial charge in [-0.3, -0.25) is 0 Å². The third kappa shape index (κ3) is 3.09. The van der Waals surface area contributed by atoms with Crippen molar-refractivity contribution >= 4 is 43.0 Å². The van der Waals surface area contributed by atoms with Crippen LogP contribution in [0, 0.1) is 0 Å². The van der Waals surface area contributed by atoms with E-state index in [-0.39, 0.29) is 5.25 Å². The number of thiophene rings is 1. The Morgan fingerprint density at radius 1 is 1.08 bits per heavy atom. The molecule has 0 spiro atoms. The molecule has 124 valence electrons. The van der Waals surface area contributed by atoms with Gasteiger partial charge in [-0.1, -0.05) is 48.0 Å². The maximum absolute atomic E-state index is 12.5. The molecule has 0 bridgehead atoms. The molecule has 1 fully saturated rings. The van der Waals surface area contributed by atoms with Crippen LogP contribution in [-0.2, 0) is 10.0 Å². The van der Waals surface area contributed by atoms with Gasteiger partial charge < -0.3 is 0 Å². The Morgan fingerprint density at radius 2 is 1.79 bits per heavy atom. The predicted molar refractivity (Wildman–Crippen MR) is 100 cm³/mol. The summed E-state index contributed by atoms with van der Waals surface area (Å²) in [6, 6.07) is 17.0. The molecular formula is C18H16ClNO2S2. The van der Waals surface area contributed by atoms with E-state index in [2.05, 4.69) is 4.72 Å². The van der Waals surface area contributed by atoms with Crippen molar-refractivity contribution in [3.8, 4) is 0 Å². The van der Waals surface area contributed by atoms with Gasteiger partial charge >= 0.3 is 0 Å². The molecule has 1 aliphatic carbocycles. The molecule has 1 heterocycles. The van der Waals surface area contributed by atoms with Crippen molar-refractivity contribution in [3.63, 3.8) is 0 Å². The van der Waals surface area contributed by atoms with Gasteiger partial charge in [-0.15, -0.1) is 11.3 Å². The monoisotopic (exact) mass is 377 g/mol. The predicted octanol–water partition coefficient (Wildman–Crippen LogP) is 4.73. The molecule has 1 N–H and O–H groups in total. The van der Waals surface area contributed by atoms with Gasteiger partial charge in [0, 0.05) is 14.6 Å². The van der Waals surface area contributed by atoms with Gasteiger partial charge in [-0.25, -0.2) is 13.1 Å². The average molecular weight is 378 g/mol. The minimum absolute atomic E-state index is 0.267. The molecule has 6 heteroatoms. The standard InChI is InChI=1S/C18H16ClNO2S2/c19-15-7-3-2-6-14(15)18(20-24(21,22)13-9-10-13)17-11-12-5-1-4-8-16(12)23-17/h1-8,11,13,18,20H,9-10H2/t18-/m1/s1. The maximum atomic E-state index is 12.5. The smallest absolute Gasteiger partial charge is 0.212 e. The molecule has 3 aromatic rings. The summed E-state index contributed by atoms with van der Waals surface area (Å²) in [7, 11) is -3.34. The zero-order valence-corrected chi connectivity index (χ0v) is 15.2. The molecule has 1 atom stereocenters. The lowest BCUT2D eigenvalue weighted by atomic mass is 10.1. The summed E-state index contributed by atoms with van der Waals surface area (Å²) >= 11 is 7.96. The fraction of sp³-hybridized carbons (Fsp3) is 0.222. The highest BCUT2D eigenvalue weighted by Crippen LogP contribution is 2.38. The molecule has 0 unspecified atom stereocenters. The lowest BCUT2D eigenvalue weighted by molar-refractivity contribution is 0.572. The Morgan fingerprint density at radius 3 is 2.50 bits per heavy atom. The van der Waals surface area contributed by atoms with E-state index < -0.39 is 16.1 Å². The third-order valence-corrected chi connectivity index (χ3v) is 7.63. The second-order valence-corrected chi connectivity index (χ2v) is 9.52. The number of benzene rings is 2. The van der Waals surface area contributed by atoms with E-state index in [0.29, 0.717) is 5.02 Å². The topological polar surface area (TPSA) is 46.2 Å². The van der Waals surface area contributed by atoms with Gasteiger partial charge in [0.25, 0.3) is 0 Å². The molecule has 0 saturated heterocycles. The van der Waals surface area contributed by atoms with E-state index in [4.69, 9.17) is 11.6 Å². The minimum atomic E-state index is -3.34. The van der Waals surface area contributed by atoms with Gasteiger partial charge in [-0.2, -0.15) is 0 Å². The highest BCUT2D eigenvalue weighted by atomic mass is 35.5. The summed E-state index contributed by atoms with van der Waals surface area (Å²) in [5, 5.41) is 1.41. The number of rotatable bonds is 5. The SMILES string of the molecule is O=S(=O)(N[C@@H](c1cc2ccccc2s1)c1ccccc1Cl)C1CC1. The Kier molecular flexibility index (Phi) is 4.12. The van der Waals surface area contributed by atoms with E-state index in [1.807, 2.05) is 48.5 Å². The summed E-state index contributed by atoms with van der Waals surface area (Å²) in [6.07, 6.45) is 1.47. The average Bonchev–Trinajstić information content (AvgIpc) is 3.34. The quantitative estimate of drug-likeness (QED) is 0.698. The summed E-state index contributed by atoms with van der Waals surface area (Å²) in [5.74, 6) is 0. The molecule has 2 aromatic carbocycles. The zero-order valence-electron chi connectivity index (χ0n) is 12.8. The van der Waals surface area contributed by atoms with Crippen molar-refractivity contribution in [1.29, 1.82) is 0 Å². The molecule has 24 heavy (non-hydrogen) atoms. The first-order chi connectivity index (χ1) is 11.5. The second-order valence-electron chi connectivity index (χ2n) is 6.00. The highest BCUT2D eigenvalue weighted by Gasteiger charge is 2.38. The second kappa shape index (κ2) is 6.15. The molecule has 0 radical (unpaired) electrons. The number of nitrogens with one attached hydrogen (secondary N) is 1. The summed E-state index contributed by atoms with van der Waals surface area (Å²) in [4.78, 5) is 0.952. The van der Waals surface area contributed by atoms with Gasteiger partial charge in [0.2, 0.25) is 10.0 Å². The van der Waals surface area contributed by atoms with E-state index in [9.17, 15) is 8.42 Å². The highest BCUT2D eigenvalue weighted by molar-refractivity contribution is 7.90. The van der Waals surface area contributed by atoms with Gasteiger partial charge in [-0.05, 0) is 42.0 Å². The first-order valence-corrected chi connectivity index (χ1v) is 10.5. The number of hydrogen-bond donors (Lipinski definition) is 1. The lowest BCUT2D eigenvalue weighted by Gasteiger charge is -2.19. The molecule has 0 aliphatic heterocycles. The van der Waals surface area contributed by atoms with Crippen molar-refractivity contribution in [2.75, 3.05) is 0 Å². The van der Waals surface area contributed by atoms with E-state index in [1.165, 1.54) is 0 Å². The fourth-order valence-electron chi connectivity index (χ4n) is 2.77.